The van der Waals surface area contributed by atoms with Gasteiger partial charge in [0.1, 0.15) is 0 Å². The van der Waals surface area contributed by atoms with Gasteiger partial charge in [0.05, 0.1) is 6.04 Å². The van der Waals surface area contributed by atoms with Gasteiger partial charge in [-0.25, -0.2) is 0 Å². The highest BCUT2D eigenvalue weighted by molar-refractivity contribution is 5.99. The van der Waals surface area contributed by atoms with Crippen LogP contribution < -0.4 is 11.1 Å². The van der Waals surface area contributed by atoms with Gasteiger partial charge in [-0.1, -0.05) is 39.3 Å². The van der Waals surface area contributed by atoms with Crippen molar-refractivity contribution in [2.24, 2.45) is 11.7 Å². The lowest BCUT2D eigenvalue weighted by Crippen LogP contribution is -2.40. The van der Waals surface area contributed by atoms with Crippen molar-refractivity contribution in [2.45, 2.75) is 39.7 Å². The number of nitrogens with two attached hydrogens (primary N) is 1. The van der Waals surface area contributed by atoms with Crippen molar-refractivity contribution in [2.75, 3.05) is 5.32 Å². The van der Waals surface area contributed by atoms with Crippen molar-refractivity contribution >= 4 is 17.4 Å². The highest BCUT2D eigenvalue weighted by Crippen LogP contribution is 2.14. The summed E-state index contributed by atoms with van der Waals surface area (Å²) in [6.07, 6.45) is 1.30. The fraction of sp³-hybridized carbons (Fsp3) is 0.467. The van der Waals surface area contributed by atoms with E-state index in [0.717, 1.165) is 6.42 Å². The number of hydrogen-bond donors (Lipinski definition) is 2. The summed E-state index contributed by atoms with van der Waals surface area (Å²) in [5.74, 6) is -0.0294. The summed E-state index contributed by atoms with van der Waals surface area (Å²) in [5.41, 5.74) is 7.09. The number of nitrogens with one attached hydrogen (secondary N) is 1. The lowest BCUT2D eigenvalue weighted by Gasteiger charge is -2.17. The smallest absolute Gasteiger partial charge is 0.241 e. The summed E-state index contributed by atoms with van der Waals surface area (Å²) >= 11 is 0. The van der Waals surface area contributed by atoms with E-state index < -0.39 is 6.04 Å². The number of rotatable bonds is 6. The van der Waals surface area contributed by atoms with E-state index in [1.165, 1.54) is 0 Å². The minimum absolute atomic E-state index is 0.0577. The maximum absolute atomic E-state index is 11.9. The van der Waals surface area contributed by atoms with Crippen LogP contribution in [0.2, 0.25) is 0 Å². The molecule has 0 aliphatic rings. The zero-order valence-electron chi connectivity index (χ0n) is 11.8. The molecule has 3 N–H and O–H groups in total. The first kappa shape index (κ1) is 15.4. The topological polar surface area (TPSA) is 72.2 Å². The van der Waals surface area contributed by atoms with Gasteiger partial charge in [0, 0.05) is 17.7 Å². The number of carbonyl (C=O) groups excluding carboxylic acids is 2. The van der Waals surface area contributed by atoms with Crippen molar-refractivity contribution < 1.29 is 9.59 Å². The zero-order valence-corrected chi connectivity index (χ0v) is 11.8. The Kier molecular flexibility index (Phi) is 5.70. The van der Waals surface area contributed by atoms with Crippen LogP contribution in [0.5, 0.6) is 0 Å². The van der Waals surface area contributed by atoms with Crippen molar-refractivity contribution in [3.05, 3.63) is 29.8 Å². The number of anilines is 1. The molecule has 0 saturated heterocycles. The standard InChI is InChI=1S/C15H22N2O2/c1-4-10(3)14(16)15(19)17-12-8-6-7-11(9-12)13(18)5-2/h6-10,14H,4-5,16H2,1-3H3,(H,17,19). The van der Waals surface area contributed by atoms with Crippen LogP contribution in [-0.4, -0.2) is 17.7 Å². The number of benzene rings is 1. The molecule has 0 saturated carbocycles. The zero-order chi connectivity index (χ0) is 14.4. The largest absolute Gasteiger partial charge is 0.325 e. The molecule has 19 heavy (non-hydrogen) atoms. The predicted octanol–water partition coefficient (Wildman–Crippen LogP) is 2.59. The molecule has 0 radical (unpaired) electrons. The number of ketones is 1. The Morgan fingerprint density at radius 1 is 1.32 bits per heavy atom. The van der Waals surface area contributed by atoms with Crippen LogP contribution >= 0.6 is 0 Å². The average molecular weight is 262 g/mol. The highest BCUT2D eigenvalue weighted by atomic mass is 16.2. The van der Waals surface area contributed by atoms with Gasteiger partial charge in [-0.2, -0.15) is 0 Å². The Hall–Kier alpha value is -1.68. The fourth-order valence-corrected chi connectivity index (χ4v) is 1.71. The minimum atomic E-state index is -0.532. The molecular weight excluding hydrogens is 240 g/mol. The molecule has 4 heteroatoms. The summed E-state index contributed by atoms with van der Waals surface area (Å²) < 4.78 is 0. The highest BCUT2D eigenvalue weighted by Gasteiger charge is 2.19. The van der Waals surface area contributed by atoms with Gasteiger partial charge in [0.2, 0.25) is 5.91 Å². The van der Waals surface area contributed by atoms with E-state index in [1.54, 1.807) is 24.3 Å². The van der Waals surface area contributed by atoms with Gasteiger partial charge in [0.15, 0.2) is 5.78 Å². The number of amides is 1. The second-order valence-electron chi connectivity index (χ2n) is 4.76. The molecule has 1 aromatic carbocycles. The Morgan fingerprint density at radius 3 is 2.58 bits per heavy atom. The van der Waals surface area contributed by atoms with Crippen LogP contribution in [-0.2, 0) is 4.79 Å². The lowest BCUT2D eigenvalue weighted by atomic mass is 9.99. The first-order chi connectivity index (χ1) is 8.99. The van der Waals surface area contributed by atoms with Crippen molar-refractivity contribution in [3.8, 4) is 0 Å². The molecule has 4 nitrogen and oxygen atoms in total. The van der Waals surface area contributed by atoms with E-state index in [1.807, 2.05) is 20.8 Å². The molecule has 0 aromatic heterocycles. The molecule has 0 aliphatic heterocycles. The molecule has 2 atom stereocenters. The third-order valence-corrected chi connectivity index (χ3v) is 3.33. The Bertz CT molecular complexity index is 457. The van der Waals surface area contributed by atoms with Crippen LogP contribution in [0.4, 0.5) is 5.69 Å². The first-order valence-corrected chi connectivity index (χ1v) is 6.69. The van der Waals surface area contributed by atoms with Gasteiger partial charge in [-0.05, 0) is 18.1 Å². The van der Waals surface area contributed by atoms with Crippen LogP contribution in [0.3, 0.4) is 0 Å². The van der Waals surface area contributed by atoms with Crippen LogP contribution in [0.15, 0.2) is 24.3 Å². The number of Topliss-reactive ketones (excluding diaryl/α,β-unsaturated/α-hetero) is 1. The Balaban J connectivity index is 2.77. The van der Waals surface area contributed by atoms with Gasteiger partial charge in [0.25, 0.3) is 0 Å². The summed E-state index contributed by atoms with van der Waals surface area (Å²) in [4.78, 5) is 23.5. The van der Waals surface area contributed by atoms with E-state index in [2.05, 4.69) is 5.32 Å². The summed E-state index contributed by atoms with van der Waals surface area (Å²) in [6.45, 7) is 5.76. The quantitative estimate of drug-likeness (QED) is 0.774. The molecule has 1 rings (SSSR count). The molecule has 0 fully saturated rings. The average Bonchev–Trinajstić information content (AvgIpc) is 2.44. The van der Waals surface area contributed by atoms with E-state index in [9.17, 15) is 9.59 Å². The van der Waals surface area contributed by atoms with Crippen molar-refractivity contribution in [1.82, 2.24) is 0 Å². The Labute approximate surface area is 114 Å². The number of hydrogen-bond acceptors (Lipinski definition) is 3. The molecule has 104 valence electrons. The third-order valence-electron chi connectivity index (χ3n) is 3.33. The number of carbonyl (C=O) groups is 2. The molecule has 0 heterocycles. The normalized spacial score (nSPS) is 13.7. The second-order valence-corrected chi connectivity index (χ2v) is 4.76. The van der Waals surface area contributed by atoms with Gasteiger partial charge in [-0.15, -0.1) is 0 Å². The summed E-state index contributed by atoms with van der Waals surface area (Å²) in [7, 11) is 0. The summed E-state index contributed by atoms with van der Waals surface area (Å²) in [6, 6.07) is 6.42. The maximum atomic E-state index is 11.9. The van der Waals surface area contributed by atoms with Gasteiger partial charge >= 0.3 is 0 Å². The van der Waals surface area contributed by atoms with E-state index in [0.29, 0.717) is 17.7 Å². The van der Waals surface area contributed by atoms with Gasteiger partial charge < -0.3 is 11.1 Å². The second kappa shape index (κ2) is 7.04. The molecule has 0 spiro atoms. The van der Waals surface area contributed by atoms with Crippen molar-refractivity contribution in [1.29, 1.82) is 0 Å². The van der Waals surface area contributed by atoms with E-state index >= 15 is 0 Å². The van der Waals surface area contributed by atoms with Crippen LogP contribution in [0.25, 0.3) is 0 Å². The molecule has 0 aliphatic carbocycles. The molecule has 2 unspecified atom stereocenters. The first-order valence-electron chi connectivity index (χ1n) is 6.69. The monoisotopic (exact) mass is 262 g/mol. The summed E-state index contributed by atoms with van der Waals surface area (Å²) in [5, 5.41) is 2.76. The van der Waals surface area contributed by atoms with E-state index in [4.69, 9.17) is 5.73 Å². The fourth-order valence-electron chi connectivity index (χ4n) is 1.71. The third kappa shape index (κ3) is 4.17. The maximum Gasteiger partial charge on any atom is 0.241 e. The molecule has 1 amide bonds. The molecular formula is C15H22N2O2. The Morgan fingerprint density at radius 2 is 2.00 bits per heavy atom. The SMILES string of the molecule is CCC(=O)c1cccc(NC(=O)C(N)C(C)CC)c1. The van der Waals surface area contributed by atoms with Crippen molar-refractivity contribution in [3.63, 3.8) is 0 Å². The molecule has 1 aromatic rings. The van der Waals surface area contributed by atoms with Gasteiger partial charge in [-0.3, -0.25) is 9.59 Å². The van der Waals surface area contributed by atoms with E-state index in [-0.39, 0.29) is 17.6 Å². The van der Waals surface area contributed by atoms with Crippen LogP contribution in [0.1, 0.15) is 44.0 Å². The molecule has 0 bridgehead atoms. The predicted molar refractivity (Wildman–Crippen MR) is 77.1 cm³/mol. The minimum Gasteiger partial charge on any atom is -0.325 e. The lowest BCUT2D eigenvalue weighted by molar-refractivity contribution is -0.118. The van der Waals surface area contributed by atoms with Crippen LogP contribution in [0, 0.1) is 5.92 Å².